The summed E-state index contributed by atoms with van der Waals surface area (Å²) in [6.07, 6.45) is -3.78. The van der Waals surface area contributed by atoms with Gasteiger partial charge in [-0.1, -0.05) is 39.0 Å². The van der Waals surface area contributed by atoms with E-state index in [9.17, 15) is 22.8 Å². The summed E-state index contributed by atoms with van der Waals surface area (Å²) in [4.78, 5) is 26.2. The number of amides is 3. The Kier molecular flexibility index (Phi) is 8.30. The highest BCUT2D eigenvalue weighted by Crippen LogP contribution is 2.32. The Bertz CT molecular complexity index is 937. The maximum Gasteiger partial charge on any atom is 0.416 e. The molecule has 0 heterocycles. The van der Waals surface area contributed by atoms with E-state index in [0.29, 0.717) is 25.1 Å². The number of halogens is 3. The highest BCUT2D eigenvalue weighted by Gasteiger charge is 2.31. The van der Waals surface area contributed by atoms with Crippen LogP contribution in [0.5, 0.6) is 0 Å². The van der Waals surface area contributed by atoms with Crippen LogP contribution in [-0.4, -0.2) is 25.0 Å². The van der Waals surface area contributed by atoms with Gasteiger partial charge in [-0.2, -0.15) is 13.2 Å². The fraction of sp³-hybridized carbons (Fsp3) is 0.417. The molecular weight excluding hydrogens is 419 g/mol. The van der Waals surface area contributed by atoms with Crippen LogP contribution in [0.3, 0.4) is 0 Å². The van der Waals surface area contributed by atoms with Crippen LogP contribution in [0.4, 0.5) is 29.3 Å². The molecule has 0 aliphatic carbocycles. The number of carbonyl (C=O) groups is 2. The lowest BCUT2D eigenvalue weighted by Gasteiger charge is -2.24. The molecule has 0 aromatic heterocycles. The molecule has 174 valence electrons. The largest absolute Gasteiger partial charge is 0.416 e. The van der Waals surface area contributed by atoms with Gasteiger partial charge < -0.3 is 10.6 Å². The van der Waals surface area contributed by atoms with E-state index in [0.717, 1.165) is 17.7 Å². The summed E-state index contributed by atoms with van der Waals surface area (Å²) < 4.78 is 39.6. The van der Waals surface area contributed by atoms with Gasteiger partial charge in [-0.3, -0.25) is 9.69 Å². The van der Waals surface area contributed by atoms with Crippen LogP contribution in [-0.2, 0) is 11.0 Å². The molecule has 0 aliphatic rings. The molecule has 0 saturated heterocycles. The fourth-order valence-electron chi connectivity index (χ4n) is 3.12. The SMILES string of the molecule is Cc1cccc(NC(=O)N(CCCNC(=O)CC(C)(C)C)c2cccc(C(F)(F)F)c2)c1. The number of urea groups is 1. The lowest BCUT2D eigenvalue weighted by Crippen LogP contribution is -2.38. The Balaban J connectivity index is 2.14. The molecule has 5 nitrogen and oxygen atoms in total. The van der Waals surface area contributed by atoms with Crippen molar-refractivity contribution in [1.29, 1.82) is 0 Å². The standard InChI is InChI=1S/C24H30F3N3O2/c1-17-8-5-10-19(14-17)29-22(32)30(13-7-12-28-21(31)16-23(2,3)4)20-11-6-9-18(15-20)24(25,26)27/h5-6,8-11,14-15H,7,12-13,16H2,1-4H3,(H,28,31)(H,29,32). The van der Waals surface area contributed by atoms with Gasteiger partial charge in [0.15, 0.2) is 0 Å². The Labute approximate surface area is 187 Å². The minimum atomic E-state index is -4.52. The molecule has 0 saturated carbocycles. The van der Waals surface area contributed by atoms with Gasteiger partial charge in [0.1, 0.15) is 0 Å². The van der Waals surface area contributed by atoms with Crippen LogP contribution < -0.4 is 15.5 Å². The molecule has 8 heteroatoms. The summed E-state index contributed by atoms with van der Waals surface area (Å²) in [6.45, 7) is 8.18. The molecule has 2 aromatic carbocycles. The van der Waals surface area contributed by atoms with E-state index in [4.69, 9.17) is 0 Å². The first-order valence-electron chi connectivity index (χ1n) is 10.4. The van der Waals surface area contributed by atoms with Gasteiger partial charge in [-0.05, 0) is 54.7 Å². The third kappa shape index (κ3) is 8.24. The summed E-state index contributed by atoms with van der Waals surface area (Å²) in [5.41, 5.74) is 0.634. The molecule has 2 aromatic rings. The van der Waals surface area contributed by atoms with Gasteiger partial charge >= 0.3 is 12.2 Å². The van der Waals surface area contributed by atoms with Crippen molar-refractivity contribution in [3.63, 3.8) is 0 Å². The number of anilines is 2. The van der Waals surface area contributed by atoms with E-state index < -0.39 is 17.8 Å². The van der Waals surface area contributed by atoms with E-state index in [1.54, 1.807) is 18.2 Å². The lowest BCUT2D eigenvalue weighted by atomic mass is 9.92. The van der Waals surface area contributed by atoms with Gasteiger partial charge in [0.05, 0.1) is 5.56 Å². The highest BCUT2D eigenvalue weighted by molar-refractivity contribution is 6.01. The molecule has 3 amide bonds. The monoisotopic (exact) mass is 449 g/mol. The van der Waals surface area contributed by atoms with Crippen molar-refractivity contribution < 1.29 is 22.8 Å². The van der Waals surface area contributed by atoms with E-state index in [2.05, 4.69) is 10.6 Å². The smallest absolute Gasteiger partial charge is 0.356 e. The quantitative estimate of drug-likeness (QED) is 0.510. The van der Waals surface area contributed by atoms with Crippen molar-refractivity contribution in [2.24, 2.45) is 5.41 Å². The first-order chi connectivity index (χ1) is 14.8. The number of nitrogens with zero attached hydrogens (tertiary/aromatic N) is 1. The van der Waals surface area contributed by atoms with Crippen molar-refractivity contribution >= 4 is 23.3 Å². The number of carbonyl (C=O) groups excluding carboxylic acids is 2. The highest BCUT2D eigenvalue weighted by atomic mass is 19.4. The van der Waals surface area contributed by atoms with Crippen molar-refractivity contribution in [3.05, 3.63) is 59.7 Å². The Morgan fingerprint density at radius 1 is 1.00 bits per heavy atom. The van der Waals surface area contributed by atoms with Crippen LogP contribution >= 0.6 is 0 Å². The number of nitrogens with one attached hydrogen (secondary N) is 2. The van der Waals surface area contributed by atoms with E-state index in [1.807, 2.05) is 33.8 Å². The van der Waals surface area contributed by atoms with Crippen molar-refractivity contribution in [2.75, 3.05) is 23.3 Å². The maximum atomic E-state index is 13.2. The van der Waals surface area contributed by atoms with Crippen LogP contribution in [0.2, 0.25) is 0 Å². The van der Waals surface area contributed by atoms with Crippen LogP contribution in [0.15, 0.2) is 48.5 Å². The van der Waals surface area contributed by atoms with Crippen LogP contribution in [0.1, 0.15) is 44.7 Å². The van der Waals surface area contributed by atoms with E-state index >= 15 is 0 Å². The molecule has 0 unspecified atom stereocenters. The topological polar surface area (TPSA) is 61.4 Å². The third-order valence-electron chi connectivity index (χ3n) is 4.57. The molecule has 0 aliphatic heterocycles. The predicted molar refractivity (Wildman–Crippen MR) is 121 cm³/mol. The minimum Gasteiger partial charge on any atom is -0.356 e. The van der Waals surface area contributed by atoms with Gasteiger partial charge in [0.2, 0.25) is 5.91 Å². The first kappa shape index (κ1) is 25.2. The Morgan fingerprint density at radius 2 is 1.69 bits per heavy atom. The van der Waals surface area contributed by atoms with Crippen molar-refractivity contribution in [1.82, 2.24) is 5.32 Å². The van der Waals surface area contributed by atoms with Crippen molar-refractivity contribution in [2.45, 2.75) is 46.7 Å². The summed E-state index contributed by atoms with van der Waals surface area (Å²) in [5.74, 6) is -0.104. The average molecular weight is 450 g/mol. The van der Waals surface area contributed by atoms with Gasteiger partial charge in [0, 0.05) is 30.9 Å². The Morgan fingerprint density at radius 3 is 2.31 bits per heavy atom. The fourth-order valence-corrected chi connectivity index (χ4v) is 3.12. The zero-order valence-corrected chi connectivity index (χ0v) is 18.8. The number of aryl methyl sites for hydroxylation is 1. The number of hydrogen-bond donors (Lipinski definition) is 2. The summed E-state index contributed by atoms with van der Waals surface area (Å²) >= 11 is 0. The van der Waals surface area contributed by atoms with Gasteiger partial charge in [-0.25, -0.2) is 4.79 Å². The normalized spacial score (nSPS) is 11.7. The second-order valence-electron chi connectivity index (χ2n) is 8.94. The molecular formula is C24H30F3N3O2. The zero-order valence-electron chi connectivity index (χ0n) is 18.8. The predicted octanol–water partition coefficient (Wildman–Crippen LogP) is 5.99. The second kappa shape index (κ2) is 10.5. The molecule has 32 heavy (non-hydrogen) atoms. The first-order valence-corrected chi connectivity index (χ1v) is 10.4. The van der Waals surface area contributed by atoms with Crippen LogP contribution in [0.25, 0.3) is 0 Å². The van der Waals surface area contributed by atoms with Gasteiger partial charge in [0.25, 0.3) is 0 Å². The molecule has 0 radical (unpaired) electrons. The van der Waals surface area contributed by atoms with Crippen molar-refractivity contribution in [3.8, 4) is 0 Å². The lowest BCUT2D eigenvalue weighted by molar-refractivity contribution is -0.137. The Hall–Kier alpha value is -3.03. The summed E-state index contributed by atoms with van der Waals surface area (Å²) in [6, 6.07) is 11.2. The van der Waals surface area contributed by atoms with E-state index in [-0.39, 0.29) is 23.6 Å². The van der Waals surface area contributed by atoms with Gasteiger partial charge in [-0.15, -0.1) is 0 Å². The molecule has 0 atom stereocenters. The zero-order chi connectivity index (χ0) is 23.9. The van der Waals surface area contributed by atoms with Crippen LogP contribution in [0, 0.1) is 12.3 Å². The number of benzene rings is 2. The molecule has 2 rings (SSSR count). The average Bonchev–Trinajstić information content (AvgIpc) is 2.66. The summed E-state index contributed by atoms with van der Waals surface area (Å²) in [7, 11) is 0. The second-order valence-corrected chi connectivity index (χ2v) is 8.94. The summed E-state index contributed by atoms with van der Waals surface area (Å²) in [5, 5.41) is 5.54. The maximum absolute atomic E-state index is 13.2. The molecule has 0 spiro atoms. The molecule has 0 bridgehead atoms. The number of rotatable bonds is 7. The molecule has 2 N–H and O–H groups in total. The number of alkyl halides is 3. The minimum absolute atomic E-state index is 0.104. The third-order valence-corrected chi connectivity index (χ3v) is 4.57. The molecule has 0 fully saturated rings. The van der Waals surface area contributed by atoms with E-state index in [1.165, 1.54) is 17.0 Å². The number of hydrogen-bond acceptors (Lipinski definition) is 2.